The molecule has 0 saturated heterocycles. The number of rotatable bonds is 4. The summed E-state index contributed by atoms with van der Waals surface area (Å²) >= 11 is 0. The van der Waals surface area contributed by atoms with Crippen molar-refractivity contribution in [3.8, 4) is 5.75 Å². The van der Waals surface area contributed by atoms with Crippen LogP contribution >= 0.6 is 0 Å². The molecular weight excluding hydrogens is 208 g/mol. The maximum absolute atomic E-state index is 11.2. The minimum absolute atomic E-state index is 0.427. The number of hydrogen-bond donors (Lipinski definition) is 1. The summed E-state index contributed by atoms with van der Waals surface area (Å²) in [6.45, 7) is 1.63. The maximum atomic E-state index is 11.2. The molecule has 0 radical (unpaired) electrons. The van der Waals surface area contributed by atoms with Crippen molar-refractivity contribution in [1.82, 2.24) is 0 Å². The minimum atomic E-state index is -0.863. The molecule has 16 heavy (non-hydrogen) atoms. The van der Waals surface area contributed by atoms with Crippen LogP contribution in [0.4, 0.5) is 0 Å². The van der Waals surface area contributed by atoms with Gasteiger partial charge in [-0.1, -0.05) is 12.1 Å². The number of esters is 1. The van der Waals surface area contributed by atoms with Crippen molar-refractivity contribution in [3.63, 3.8) is 0 Å². The summed E-state index contributed by atoms with van der Waals surface area (Å²) in [6.07, 6.45) is -0.863. The Balaban J connectivity index is 2.79. The lowest BCUT2D eigenvalue weighted by molar-refractivity contribution is -0.148. The highest BCUT2D eigenvalue weighted by atomic mass is 16.5. The maximum Gasteiger partial charge on any atom is 0.311 e. The SMILES string of the molecule is COC(=O)[C@H](C)[C@@H](O)c1ccc(OC)cc1. The van der Waals surface area contributed by atoms with E-state index in [4.69, 9.17) is 4.74 Å². The summed E-state index contributed by atoms with van der Waals surface area (Å²) in [4.78, 5) is 11.2. The van der Waals surface area contributed by atoms with Crippen molar-refractivity contribution >= 4 is 5.97 Å². The first-order valence-corrected chi connectivity index (χ1v) is 5.00. The molecule has 0 aliphatic carbocycles. The normalized spacial score (nSPS) is 14.0. The van der Waals surface area contributed by atoms with Crippen LogP contribution in [-0.4, -0.2) is 25.3 Å². The van der Waals surface area contributed by atoms with Gasteiger partial charge in [0, 0.05) is 0 Å². The van der Waals surface area contributed by atoms with Crippen LogP contribution in [-0.2, 0) is 9.53 Å². The van der Waals surface area contributed by atoms with Gasteiger partial charge in [-0.2, -0.15) is 0 Å². The molecule has 4 nitrogen and oxygen atoms in total. The zero-order chi connectivity index (χ0) is 12.1. The molecule has 0 fully saturated rings. The molecule has 0 spiro atoms. The third kappa shape index (κ3) is 2.73. The summed E-state index contributed by atoms with van der Waals surface area (Å²) in [5.74, 6) is -0.302. The third-order valence-electron chi connectivity index (χ3n) is 2.50. The van der Waals surface area contributed by atoms with Crippen LogP contribution in [0.15, 0.2) is 24.3 Å². The van der Waals surface area contributed by atoms with Crippen LogP contribution < -0.4 is 4.74 Å². The molecule has 0 aliphatic rings. The summed E-state index contributed by atoms with van der Waals surface area (Å²) in [7, 11) is 2.88. The van der Waals surface area contributed by atoms with Crippen molar-refractivity contribution in [2.24, 2.45) is 5.92 Å². The second kappa shape index (κ2) is 5.51. The fraction of sp³-hybridized carbons (Fsp3) is 0.417. The fourth-order valence-corrected chi connectivity index (χ4v) is 1.40. The highest BCUT2D eigenvalue weighted by Gasteiger charge is 2.23. The number of aliphatic hydroxyl groups is 1. The molecule has 0 unspecified atom stereocenters. The summed E-state index contributed by atoms with van der Waals surface area (Å²) in [6, 6.07) is 6.93. The van der Waals surface area contributed by atoms with Gasteiger partial charge in [-0.25, -0.2) is 0 Å². The predicted molar refractivity (Wildman–Crippen MR) is 59.1 cm³/mol. The number of methoxy groups -OCH3 is 2. The molecule has 0 saturated carbocycles. The number of carbonyl (C=O) groups excluding carboxylic acids is 1. The molecule has 4 heteroatoms. The first-order valence-electron chi connectivity index (χ1n) is 5.00. The summed E-state index contributed by atoms with van der Waals surface area (Å²) in [5.41, 5.74) is 0.665. The molecule has 88 valence electrons. The van der Waals surface area contributed by atoms with E-state index in [0.717, 1.165) is 0 Å². The van der Waals surface area contributed by atoms with Crippen molar-refractivity contribution in [3.05, 3.63) is 29.8 Å². The molecule has 1 rings (SSSR count). The van der Waals surface area contributed by atoms with Gasteiger partial charge < -0.3 is 14.6 Å². The van der Waals surface area contributed by atoms with Crippen LogP contribution in [0, 0.1) is 5.92 Å². The Morgan fingerprint density at radius 3 is 2.25 bits per heavy atom. The molecule has 0 amide bonds. The molecular formula is C12H16O4. The quantitative estimate of drug-likeness (QED) is 0.788. The Kier molecular flexibility index (Phi) is 4.31. The average molecular weight is 224 g/mol. The summed E-state index contributed by atoms with van der Waals surface area (Å²) in [5, 5.41) is 9.91. The number of ether oxygens (including phenoxy) is 2. The molecule has 0 heterocycles. The lowest BCUT2D eigenvalue weighted by Gasteiger charge is -2.17. The predicted octanol–water partition coefficient (Wildman–Crippen LogP) is 1.54. The fourth-order valence-electron chi connectivity index (χ4n) is 1.40. The first kappa shape index (κ1) is 12.5. The lowest BCUT2D eigenvalue weighted by atomic mass is 9.97. The topological polar surface area (TPSA) is 55.8 Å². The number of aliphatic hydroxyl groups excluding tert-OH is 1. The van der Waals surface area contributed by atoms with Gasteiger partial charge in [0.2, 0.25) is 0 Å². The van der Waals surface area contributed by atoms with Gasteiger partial charge >= 0.3 is 5.97 Å². The molecule has 0 aliphatic heterocycles. The van der Waals surface area contributed by atoms with E-state index in [1.165, 1.54) is 7.11 Å². The van der Waals surface area contributed by atoms with E-state index in [-0.39, 0.29) is 0 Å². The van der Waals surface area contributed by atoms with Gasteiger partial charge in [-0.15, -0.1) is 0 Å². The summed E-state index contributed by atoms with van der Waals surface area (Å²) < 4.78 is 9.58. The Morgan fingerprint density at radius 2 is 1.81 bits per heavy atom. The average Bonchev–Trinajstić information content (AvgIpc) is 2.36. The number of benzene rings is 1. The van der Waals surface area contributed by atoms with E-state index in [1.807, 2.05) is 0 Å². The van der Waals surface area contributed by atoms with Crippen LogP contribution in [0.5, 0.6) is 5.75 Å². The van der Waals surface area contributed by atoms with E-state index in [2.05, 4.69) is 4.74 Å². The van der Waals surface area contributed by atoms with Gasteiger partial charge in [0.1, 0.15) is 5.75 Å². The van der Waals surface area contributed by atoms with E-state index in [9.17, 15) is 9.90 Å². The molecule has 1 aromatic rings. The van der Waals surface area contributed by atoms with Crippen LogP contribution in [0.2, 0.25) is 0 Å². The monoisotopic (exact) mass is 224 g/mol. The lowest BCUT2D eigenvalue weighted by Crippen LogP contribution is -2.20. The van der Waals surface area contributed by atoms with Gasteiger partial charge in [0.05, 0.1) is 26.2 Å². The zero-order valence-corrected chi connectivity index (χ0v) is 9.64. The number of hydrogen-bond acceptors (Lipinski definition) is 4. The second-order valence-corrected chi connectivity index (χ2v) is 3.53. The van der Waals surface area contributed by atoms with Gasteiger partial charge in [-0.3, -0.25) is 4.79 Å². The zero-order valence-electron chi connectivity index (χ0n) is 9.64. The Hall–Kier alpha value is -1.55. The second-order valence-electron chi connectivity index (χ2n) is 3.53. The van der Waals surface area contributed by atoms with Crippen molar-refractivity contribution < 1.29 is 19.4 Å². The standard InChI is InChI=1S/C12H16O4/c1-8(12(14)16-3)11(13)9-4-6-10(15-2)7-5-9/h4-8,11,13H,1-3H3/t8-,11-/m1/s1. The Labute approximate surface area is 94.8 Å². The molecule has 1 aromatic carbocycles. The van der Waals surface area contributed by atoms with Gasteiger partial charge in [0.15, 0.2) is 0 Å². The van der Waals surface area contributed by atoms with E-state index in [0.29, 0.717) is 11.3 Å². The van der Waals surface area contributed by atoms with Crippen LogP contribution in [0.25, 0.3) is 0 Å². The van der Waals surface area contributed by atoms with Gasteiger partial charge in [0.25, 0.3) is 0 Å². The van der Waals surface area contributed by atoms with E-state index >= 15 is 0 Å². The Bertz CT molecular complexity index is 345. The van der Waals surface area contributed by atoms with Crippen LogP contribution in [0.1, 0.15) is 18.6 Å². The van der Waals surface area contributed by atoms with Crippen molar-refractivity contribution in [2.75, 3.05) is 14.2 Å². The molecule has 2 atom stereocenters. The molecule has 0 aromatic heterocycles. The largest absolute Gasteiger partial charge is 0.497 e. The molecule has 1 N–H and O–H groups in total. The van der Waals surface area contributed by atoms with Crippen LogP contribution in [0.3, 0.4) is 0 Å². The van der Waals surface area contributed by atoms with E-state index in [1.54, 1.807) is 38.3 Å². The Morgan fingerprint density at radius 1 is 1.25 bits per heavy atom. The van der Waals surface area contributed by atoms with Crippen molar-refractivity contribution in [2.45, 2.75) is 13.0 Å². The highest BCUT2D eigenvalue weighted by molar-refractivity contribution is 5.72. The first-order chi connectivity index (χ1) is 7.60. The smallest absolute Gasteiger partial charge is 0.311 e. The number of carbonyl (C=O) groups is 1. The van der Waals surface area contributed by atoms with Crippen molar-refractivity contribution in [1.29, 1.82) is 0 Å². The van der Waals surface area contributed by atoms with Gasteiger partial charge in [-0.05, 0) is 24.6 Å². The highest BCUT2D eigenvalue weighted by Crippen LogP contribution is 2.24. The molecule has 0 bridgehead atoms. The third-order valence-corrected chi connectivity index (χ3v) is 2.50. The minimum Gasteiger partial charge on any atom is -0.497 e. The van der Waals surface area contributed by atoms with E-state index < -0.39 is 18.0 Å².